The van der Waals surface area contributed by atoms with E-state index in [1.807, 2.05) is 6.07 Å². The molecule has 0 fully saturated rings. The van der Waals surface area contributed by atoms with Gasteiger partial charge in [-0.2, -0.15) is 0 Å². The van der Waals surface area contributed by atoms with Crippen molar-refractivity contribution >= 4 is 26.7 Å². The maximum Gasteiger partial charge on any atom is 0.268 e. The number of hydrogen-bond donors (Lipinski definition) is 1. The average molecular weight is 364 g/mol. The Labute approximate surface area is 151 Å². The molecule has 4 aromatic rings. The first kappa shape index (κ1) is 16.3. The molecule has 0 aliphatic rings. The largest absolute Gasteiger partial charge is 0.384 e. The summed E-state index contributed by atoms with van der Waals surface area (Å²) in [5, 5.41) is 0.794. The second-order valence-electron chi connectivity index (χ2n) is 5.92. The molecule has 0 radical (unpaired) electrons. The Bertz CT molecular complexity index is 1220. The van der Waals surface area contributed by atoms with Crippen LogP contribution in [-0.4, -0.2) is 22.4 Å². The van der Waals surface area contributed by atoms with Gasteiger partial charge in [0, 0.05) is 29.5 Å². The van der Waals surface area contributed by atoms with E-state index in [1.165, 1.54) is 3.97 Å². The lowest BCUT2D eigenvalue weighted by atomic mass is 10.0. The zero-order chi connectivity index (χ0) is 18.3. The van der Waals surface area contributed by atoms with Crippen LogP contribution in [0.4, 0.5) is 5.82 Å². The predicted molar refractivity (Wildman–Crippen MR) is 101 cm³/mol. The van der Waals surface area contributed by atoms with E-state index in [4.69, 9.17) is 5.73 Å². The van der Waals surface area contributed by atoms with Crippen LogP contribution in [-0.2, 0) is 10.0 Å². The third kappa shape index (κ3) is 2.53. The summed E-state index contributed by atoms with van der Waals surface area (Å²) in [4.78, 5) is 8.64. The Morgan fingerprint density at radius 2 is 1.81 bits per heavy atom. The first-order chi connectivity index (χ1) is 12.5. The minimum atomic E-state index is -3.71. The number of benzene rings is 1. The molecule has 3 aromatic heterocycles. The van der Waals surface area contributed by atoms with E-state index in [9.17, 15) is 8.42 Å². The molecule has 26 heavy (non-hydrogen) atoms. The molecule has 0 spiro atoms. The molecule has 7 heteroatoms. The molecule has 0 unspecified atom stereocenters. The van der Waals surface area contributed by atoms with Crippen LogP contribution in [0.15, 0.2) is 72.0 Å². The lowest BCUT2D eigenvalue weighted by Gasteiger charge is -2.11. The first-order valence-corrected chi connectivity index (χ1v) is 9.41. The average Bonchev–Trinajstić information content (AvgIpc) is 3.09. The number of nitrogens with zero attached hydrogens (tertiary/aromatic N) is 3. The third-order valence-electron chi connectivity index (χ3n) is 4.26. The predicted octanol–water partition coefficient (Wildman–Crippen LogP) is 3.23. The highest BCUT2D eigenvalue weighted by atomic mass is 32.2. The molecule has 0 aliphatic heterocycles. The Morgan fingerprint density at radius 3 is 2.54 bits per heavy atom. The van der Waals surface area contributed by atoms with Crippen LogP contribution >= 0.6 is 0 Å². The number of fused-ring (bicyclic) bond motifs is 1. The van der Waals surface area contributed by atoms with Crippen molar-refractivity contribution in [1.82, 2.24) is 13.9 Å². The van der Waals surface area contributed by atoms with Crippen LogP contribution in [0.3, 0.4) is 0 Å². The molecule has 0 saturated heterocycles. The Kier molecular flexibility index (Phi) is 3.73. The number of pyridine rings is 2. The standard InChI is InChI=1S/C19H16N4O2S/c1-13-19-16(17(12-22-13)14-7-9-21-18(20)11-14)8-10-23(19)26(24,25)15-5-3-2-4-6-15/h2-12H,1H3,(H2,20,21). The summed E-state index contributed by atoms with van der Waals surface area (Å²) >= 11 is 0. The van der Waals surface area contributed by atoms with Gasteiger partial charge in [0.2, 0.25) is 0 Å². The zero-order valence-electron chi connectivity index (χ0n) is 14.0. The first-order valence-electron chi connectivity index (χ1n) is 7.97. The van der Waals surface area contributed by atoms with E-state index < -0.39 is 10.0 Å². The monoisotopic (exact) mass is 364 g/mol. The molecular weight excluding hydrogens is 348 g/mol. The van der Waals surface area contributed by atoms with Gasteiger partial charge in [0.15, 0.2) is 0 Å². The van der Waals surface area contributed by atoms with Gasteiger partial charge in [0.1, 0.15) is 5.82 Å². The quantitative estimate of drug-likeness (QED) is 0.603. The second kappa shape index (κ2) is 5.96. The number of anilines is 1. The summed E-state index contributed by atoms with van der Waals surface area (Å²) in [5.74, 6) is 0.396. The molecule has 2 N–H and O–H groups in total. The number of rotatable bonds is 3. The van der Waals surface area contributed by atoms with Gasteiger partial charge >= 0.3 is 0 Å². The highest BCUT2D eigenvalue weighted by Gasteiger charge is 2.21. The number of nitrogens with two attached hydrogens (primary N) is 1. The normalized spacial score (nSPS) is 11.7. The van der Waals surface area contributed by atoms with Crippen LogP contribution in [0.5, 0.6) is 0 Å². The Morgan fingerprint density at radius 1 is 1.04 bits per heavy atom. The fraction of sp³-hybridized carbons (Fsp3) is 0.0526. The van der Waals surface area contributed by atoms with Crippen molar-refractivity contribution in [2.24, 2.45) is 0 Å². The smallest absolute Gasteiger partial charge is 0.268 e. The van der Waals surface area contributed by atoms with Crippen LogP contribution in [0.25, 0.3) is 22.0 Å². The number of nitrogen functional groups attached to an aromatic ring is 1. The van der Waals surface area contributed by atoms with E-state index in [0.29, 0.717) is 17.0 Å². The van der Waals surface area contributed by atoms with Crippen molar-refractivity contribution in [3.05, 3.63) is 72.8 Å². The summed E-state index contributed by atoms with van der Waals surface area (Å²) in [6.45, 7) is 1.80. The molecule has 1 aromatic carbocycles. The van der Waals surface area contributed by atoms with E-state index in [-0.39, 0.29) is 4.90 Å². The number of aromatic nitrogens is 3. The topological polar surface area (TPSA) is 90.9 Å². The maximum absolute atomic E-state index is 13.1. The van der Waals surface area contributed by atoms with Gasteiger partial charge in [-0.1, -0.05) is 18.2 Å². The molecule has 0 amide bonds. The van der Waals surface area contributed by atoms with Crippen molar-refractivity contribution in [2.45, 2.75) is 11.8 Å². The van der Waals surface area contributed by atoms with Crippen LogP contribution in [0.1, 0.15) is 5.69 Å². The Balaban J connectivity index is 1.99. The molecule has 0 aliphatic carbocycles. The van der Waals surface area contributed by atoms with Crippen molar-refractivity contribution in [3.63, 3.8) is 0 Å². The third-order valence-corrected chi connectivity index (χ3v) is 5.95. The van der Waals surface area contributed by atoms with Crippen molar-refractivity contribution in [3.8, 4) is 11.1 Å². The Hall–Kier alpha value is -3.19. The van der Waals surface area contributed by atoms with Crippen molar-refractivity contribution < 1.29 is 8.42 Å². The van der Waals surface area contributed by atoms with Gasteiger partial charge in [-0.3, -0.25) is 4.98 Å². The summed E-state index contributed by atoms with van der Waals surface area (Å²) < 4.78 is 27.4. The molecule has 6 nitrogen and oxygen atoms in total. The minimum absolute atomic E-state index is 0.232. The summed E-state index contributed by atoms with van der Waals surface area (Å²) in [6, 6.07) is 13.7. The molecule has 0 bridgehead atoms. The maximum atomic E-state index is 13.1. The molecule has 130 valence electrons. The van der Waals surface area contributed by atoms with Gasteiger partial charge in [0.05, 0.1) is 16.1 Å². The second-order valence-corrected chi connectivity index (χ2v) is 7.73. The number of hydrogen-bond acceptors (Lipinski definition) is 5. The fourth-order valence-corrected chi connectivity index (χ4v) is 4.45. The van der Waals surface area contributed by atoms with E-state index in [1.54, 1.807) is 68.0 Å². The van der Waals surface area contributed by atoms with Gasteiger partial charge in [0.25, 0.3) is 10.0 Å². The lowest BCUT2D eigenvalue weighted by Crippen LogP contribution is -2.12. The highest BCUT2D eigenvalue weighted by molar-refractivity contribution is 7.90. The highest BCUT2D eigenvalue weighted by Crippen LogP contribution is 2.32. The fourth-order valence-electron chi connectivity index (χ4n) is 3.03. The molecule has 4 rings (SSSR count). The van der Waals surface area contributed by atoms with E-state index in [2.05, 4.69) is 9.97 Å². The molecular formula is C19H16N4O2S. The number of aryl methyl sites for hydroxylation is 1. The van der Waals surface area contributed by atoms with E-state index in [0.717, 1.165) is 16.5 Å². The van der Waals surface area contributed by atoms with Gasteiger partial charge in [-0.15, -0.1) is 0 Å². The molecule has 0 saturated carbocycles. The van der Waals surface area contributed by atoms with E-state index >= 15 is 0 Å². The van der Waals surface area contributed by atoms with Gasteiger partial charge < -0.3 is 5.73 Å². The lowest BCUT2D eigenvalue weighted by molar-refractivity contribution is 0.589. The van der Waals surface area contributed by atoms with Gasteiger partial charge in [-0.05, 0) is 42.8 Å². The zero-order valence-corrected chi connectivity index (χ0v) is 14.8. The van der Waals surface area contributed by atoms with Crippen LogP contribution in [0.2, 0.25) is 0 Å². The molecule has 3 heterocycles. The summed E-state index contributed by atoms with van der Waals surface area (Å²) in [6.07, 6.45) is 4.91. The van der Waals surface area contributed by atoms with Crippen molar-refractivity contribution in [1.29, 1.82) is 0 Å². The summed E-state index contributed by atoms with van der Waals surface area (Å²) in [7, 11) is -3.71. The summed E-state index contributed by atoms with van der Waals surface area (Å²) in [5.41, 5.74) is 8.62. The van der Waals surface area contributed by atoms with Crippen LogP contribution in [0, 0.1) is 6.92 Å². The molecule has 0 atom stereocenters. The van der Waals surface area contributed by atoms with Gasteiger partial charge in [-0.25, -0.2) is 17.4 Å². The SMILES string of the molecule is Cc1ncc(-c2ccnc(N)c2)c2ccn(S(=O)(=O)c3ccccc3)c12. The van der Waals surface area contributed by atoms with Crippen LogP contribution < -0.4 is 5.73 Å². The minimum Gasteiger partial charge on any atom is -0.384 e. The van der Waals surface area contributed by atoms with Crippen molar-refractivity contribution in [2.75, 3.05) is 5.73 Å².